The number of hydrogen-bond acceptors (Lipinski definition) is 6. The molecule has 2 heterocycles. The number of nitrogens with one attached hydrogen (secondary N) is 5. The minimum atomic E-state index is -1.26. The molecule has 10 N–H and O–H groups in total. The van der Waals surface area contributed by atoms with E-state index in [0.717, 1.165) is 32.9 Å². The van der Waals surface area contributed by atoms with Crippen LogP contribution < -0.4 is 27.4 Å². The molecule has 4 atom stereocenters. The van der Waals surface area contributed by atoms with Crippen molar-refractivity contribution in [1.29, 1.82) is 0 Å². The third-order valence-corrected chi connectivity index (χ3v) is 7.82. The summed E-state index contributed by atoms with van der Waals surface area (Å²) in [4.78, 5) is 70.1. The number of carboxylic acid groups (broad SMARTS) is 1. The van der Waals surface area contributed by atoms with Crippen LogP contribution in [0.5, 0.6) is 0 Å². The lowest BCUT2D eigenvalue weighted by Gasteiger charge is -2.26. The highest BCUT2D eigenvalue weighted by atomic mass is 16.4. The smallest absolute Gasteiger partial charge is 0.326 e. The molecule has 0 saturated heterocycles. The number of H-pyrrole nitrogens is 2. The molecule has 4 amide bonds. The molecule has 46 heavy (non-hydrogen) atoms. The fourth-order valence-corrected chi connectivity index (χ4v) is 5.41. The van der Waals surface area contributed by atoms with Gasteiger partial charge in [0.2, 0.25) is 23.6 Å². The first-order chi connectivity index (χ1) is 21.9. The topological polar surface area (TPSA) is 225 Å². The summed E-state index contributed by atoms with van der Waals surface area (Å²) in [6.45, 7) is 3.74. The summed E-state index contributed by atoms with van der Waals surface area (Å²) in [5.41, 5.74) is 14.3. The second kappa shape index (κ2) is 15.2. The lowest BCUT2D eigenvalue weighted by molar-refractivity contribution is -0.142. The monoisotopic (exact) mass is 631 g/mol. The van der Waals surface area contributed by atoms with Crippen molar-refractivity contribution in [1.82, 2.24) is 25.9 Å². The highest BCUT2D eigenvalue weighted by Crippen LogP contribution is 2.21. The molecule has 0 bridgehead atoms. The molecule has 0 saturated carbocycles. The summed E-state index contributed by atoms with van der Waals surface area (Å²) >= 11 is 0. The average Bonchev–Trinajstić information content (AvgIpc) is 3.62. The van der Waals surface area contributed by atoms with E-state index in [-0.39, 0.29) is 38.0 Å². The van der Waals surface area contributed by atoms with Gasteiger partial charge in [-0.25, -0.2) is 4.79 Å². The minimum absolute atomic E-state index is 0.00597. The Morgan fingerprint density at radius 2 is 1.22 bits per heavy atom. The maximum atomic E-state index is 13.8. The lowest BCUT2D eigenvalue weighted by Crippen LogP contribution is -2.58. The van der Waals surface area contributed by atoms with Gasteiger partial charge in [-0.1, -0.05) is 50.2 Å². The first-order valence-corrected chi connectivity index (χ1v) is 15.2. The van der Waals surface area contributed by atoms with E-state index in [2.05, 4.69) is 25.9 Å². The zero-order valence-corrected chi connectivity index (χ0v) is 25.8. The third kappa shape index (κ3) is 8.72. The SMILES string of the molecule is CC(C)CC(NC(=O)C(Cc1c[nH]c2ccccc12)NC(=O)C(N)CCC(N)=O)C(=O)NC(Cc1c[nH]c2ccccc12)C(=O)O. The zero-order valence-electron chi connectivity index (χ0n) is 25.8. The van der Waals surface area contributed by atoms with Crippen LogP contribution in [0.1, 0.15) is 44.2 Å². The van der Waals surface area contributed by atoms with Crippen LogP contribution in [0.15, 0.2) is 60.9 Å². The van der Waals surface area contributed by atoms with Gasteiger partial charge in [-0.2, -0.15) is 0 Å². The van der Waals surface area contributed by atoms with Crippen LogP contribution in [-0.4, -0.2) is 68.8 Å². The first kappa shape index (κ1) is 33.7. The number of fused-ring (bicyclic) bond motifs is 2. The molecule has 0 aliphatic rings. The van der Waals surface area contributed by atoms with E-state index in [1.165, 1.54) is 0 Å². The third-order valence-electron chi connectivity index (χ3n) is 7.82. The van der Waals surface area contributed by atoms with Crippen molar-refractivity contribution in [3.05, 3.63) is 72.1 Å². The van der Waals surface area contributed by atoms with Crippen molar-refractivity contribution in [3.63, 3.8) is 0 Å². The van der Waals surface area contributed by atoms with Gasteiger partial charge in [0.1, 0.15) is 18.1 Å². The van der Waals surface area contributed by atoms with Gasteiger partial charge in [-0.15, -0.1) is 0 Å². The number of aliphatic carboxylic acids is 1. The van der Waals surface area contributed by atoms with Gasteiger partial charge in [0, 0.05) is 53.5 Å². The molecule has 4 rings (SSSR count). The zero-order chi connectivity index (χ0) is 33.4. The molecule has 0 aliphatic carbocycles. The molecule has 244 valence electrons. The number of aromatic amines is 2. The number of carbonyl (C=O) groups excluding carboxylic acids is 4. The van der Waals surface area contributed by atoms with E-state index in [4.69, 9.17) is 11.5 Å². The number of rotatable bonds is 16. The number of carboxylic acids is 1. The molecule has 2 aromatic heterocycles. The average molecular weight is 632 g/mol. The van der Waals surface area contributed by atoms with Crippen LogP contribution in [0.3, 0.4) is 0 Å². The predicted octanol–water partition coefficient (Wildman–Crippen LogP) is 1.61. The van der Waals surface area contributed by atoms with E-state index in [1.54, 1.807) is 12.4 Å². The first-order valence-electron chi connectivity index (χ1n) is 15.2. The Kier molecular flexibility index (Phi) is 11.2. The number of benzene rings is 2. The van der Waals surface area contributed by atoms with Crippen LogP contribution in [0.25, 0.3) is 21.8 Å². The van der Waals surface area contributed by atoms with Crippen LogP contribution in [-0.2, 0) is 36.8 Å². The quantitative estimate of drug-likeness (QED) is 0.0911. The van der Waals surface area contributed by atoms with Gasteiger partial charge in [0.15, 0.2) is 0 Å². The van der Waals surface area contributed by atoms with E-state index >= 15 is 0 Å². The van der Waals surface area contributed by atoms with Crippen LogP contribution >= 0.6 is 0 Å². The number of amides is 4. The summed E-state index contributed by atoms with van der Waals surface area (Å²) in [5.74, 6) is -3.84. The number of carbonyl (C=O) groups is 5. The molecule has 2 aromatic carbocycles. The van der Waals surface area contributed by atoms with Gasteiger partial charge in [0.25, 0.3) is 0 Å². The molecular weight excluding hydrogens is 590 g/mol. The minimum Gasteiger partial charge on any atom is -0.480 e. The second-order valence-electron chi connectivity index (χ2n) is 11.9. The van der Waals surface area contributed by atoms with Crippen LogP contribution in [0, 0.1) is 5.92 Å². The maximum Gasteiger partial charge on any atom is 0.326 e. The van der Waals surface area contributed by atoms with Crippen molar-refractivity contribution >= 4 is 51.4 Å². The van der Waals surface area contributed by atoms with Crippen molar-refractivity contribution in [3.8, 4) is 0 Å². The summed E-state index contributed by atoms with van der Waals surface area (Å²) in [6, 6.07) is 10.3. The number of hydrogen-bond donors (Lipinski definition) is 8. The van der Waals surface area contributed by atoms with Crippen molar-refractivity contribution in [2.45, 2.75) is 70.1 Å². The van der Waals surface area contributed by atoms with Gasteiger partial charge in [-0.05, 0) is 42.0 Å². The Labute approximate surface area is 265 Å². The van der Waals surface area contributed by atoms with Crippen molar-refractivity contribution in [2.75, 3.05) is 0 Å². The highest BCUT2D eigenvalue weighted by Gasteiger charge is 2.32. The molecule has 4 unspecified atom stereocenters. The highest BCUT2D eigenvalue weighted by molar-refractivity contribution is 5.95. The Morgan fingerprint density at radius 1 is 0.739 bits per heavy atom. The standard InChI is InChI=1S/C33H41N7O6/c1-18(2)13-26(31(43)40-28(33(45)46)15-20-17-37-25-10-6-4-8-22(20)25)39-32(44)27(38-30(42)23(34)11-12-29(35)41)14-19-16-36-24-9-5-3-7-21(19)24/h3-10,16-18,23,26-28,36-37H,11-15,34H2,1-2H3,(H2,35,41)(H,38,42)(H,39,44)(H,40,43)(H,45,46). The van der Waals surface area contributed by atoms with Crippen molar-refractivity contribution < 1.29 is 29.1 Å². The summed E-state index contributed by atoms with van der Waals surface area (Å²) in [5, 5.41) is 19.7. The van der Waals surface area contributed by atoms with Gasteiger partial charge < -0.3 is 42.5 Å². The van der Waals surface area contributed by atoms with Gasteiger partial charge in [0.05, 0.1) is 6.04 Å². The summed E-state index contributed by atoms with van der Waals surface area (Å²) < 4.78 is 0. The normalized spacial score (nSPS) is 14.0. The second-order valence-corrected chi connectivity index (χ2v) is 11.9. The molecule has 0 radical (unpaired) electrons. The number of para-hydroxylation sites is 2. The summed E-state index contributed by atoms with van der Waals surface area (Å²) in [6.07, 6.45) is 3.65. The van der Waals surface area contributed by atoms with E-state index in [0.29, 0.717) is 0 Å². The fourth-order valence-electron chi connectivity index (χ4n) is 5.41. The van der Waals surface area contributed by atoms with Crippen LogP contribution in [0.4, 0.5) is 0 Å². The van der Waals surface area contributed by atoms with Gasteiger partial charge in [-0.3, -0.25) is 19.2 Å². The predicted molar refractivity (Wildman–Crippen MR) is 173 cm³/mol. The Balaban J connectivity index is 1.53. The Morgan fingerprint density at radius 3 is 1.74 bits per heavy atom. The maximum absolute atomic E-state index is 13.8. The molecule has 13 heteroatoms. The fraction of sp³-hybridized carbons (Fsp3) is 0.364. The lowest BCUT2D eigenvalue weighted by atomic mass is 9.99. The number of primary amides is 1. The molecule has 0 spiro atoms. The van der Waals surface area contributed by atoms with E-state index < -0.39 is 53.8 Å². The molecule has 0 aliphatic heterocycles. The van der Waals surface area contributed by atoms with Gasteiger partial charge >= 0.3 is 5.97 Å². The molecule has 4 aromatic rings. The Hall–Kier alpha value is -5.17. The number of nitrogens with two attached hydrogens (primary N) is 2. The molecular formula is C33H41N7O6. The largest absolute Gasteiger partial charge is 0.480 e. The molecule has 0 fully saturated rings. The molecule has 13 nitrogen and oxygen atoms in total. The van der Waals surface area contributed by atoms with Crippen molar-refractivity contribution in [2.24, 2.45) is 17.4 Å². The Bertz CT molecular complexity index is 1710. The van der Waals surface area contributed by atoms with E-state index in [1.807, 2.05) is 62.4 Å². The summed E-state index contributed by atoms with van der Waals surface area (Å²) in [7, 11) is 0. The van der Waals surface area contributed by atoms with Crippen LogP contribution in [0.2, 0.25) is 0 Å². The van der Waals surface area contributed by atoms with E-state index in [9.17, 15) is 29.1 Å². The number of aromatic nitrogens is 2.